The van der Waals surface area contributed by atoms with E-state index >= 15 is 0 Å². The standard InChI is InChI=1S/C14H7F4N/c15-13-5-4-9(8-19)6-12(13)10-2-1-3-11(7-10)14(16,17)18/h1-7H. The molecule has 0 bridgehead atoms. The van der Waals surface area contributed by atoms with Crippen LogP contribution in [0.2, 0.25) is 0 Å². The van der Waals surface area contributed by atoms with E-state index in [-0.39, 0.29) is 16.7 Å². The zero-order valence-corrected chi connectivity index (χ0v) is 9.50. The predicted octanol–water partition coefficient (Wildman–Crippen LogP) is 4.38. The highest BCUT2D eigenvalue weighted by Crippen LogP contribution is 2.33. The number of nitriles is 1. The summed E-state index contributed by atoms with van der Waals surface area (Å²) in [5, 5.41) is 8.73. The van der Waals surface area contributed by atoms with Crippen LogP contribution in [0.3, 0.4) is 0 Å². The molecule has 2 aromatic carbocycles. The molecule has 0 unspecified atom stereocenters. The summed E-state index contributed by atoms with van der Waals surface area (Å²) in [5.41, 5.74) is -0.602. The summed E-state index contributed by atoms with van der Waals surface area (Å²) < 4.78 is 51.4. The van der Waals surface area contributed by atoms with Crippen LogP contribution in [0.4, 0.5) is 17.6 Å². The van der Waals surface area contributed by atoms with Crippen molar-refractivity contribution in [2.45, 2.75) is 6.18 Å². The molecule has 0 aliphatic rings. The van der Waals surface area contributed by atoms with Crippen LogP contribution < -0.4 is 0 Å². The summed E-state index contributed by atoms with van der Waals surface area (Å²) in [4.78, 5) is 0. The fourth-order valence-corrected chi connectivity index (χ4v) is 1.68. The number of rotatable bonds is 1. The van der Waals surface area contributed by atoms with Gasteiger partial charge in [0.1, 0.15) is 5.82 Å². The summed E-state index contributed by atoms with van der Waals surface area (Å²) in [7, 11) is 0. The van der Waals surface area contributed by atoms with Gasteiger partial charge in [-0.25, -0.2) is 4.39 Å². The van der Waals surface area contributed by atoms with E-state index in [2.05, 4.69) is 0 Å². The maximum atomic E-state index is 13.6. The molecular formula is C14H7F4N. The molecule has 0 radical (unpaired) electrons. The smallest absolute Gasteiger partial charge is 0.206 e. The second kappa shape index (κ2) is 4.73. The van der Waals surface area contributed by atoms with Crippen LogP contribution in [0.1, 0.15) is 11.1 Å². The molecule has 0 N–H and O–H groups in total. The molecule has 0 aromatic heterocycles. The molecule has 0 aliphatic carbocycles. The van der Waals surface area contributed by atoms with Gasteiger partial charge in [0.15, 0.2) is 0 Å². The highest BCUT2D eigenvalue weighted by Gasteiger charge is 2.30. The molecule has 0 atom stereocenters. The summed E-state index contributed by atoms with van der Waals surface area (Å²) in [6.07, 6.45) is -4.49. The lowest BCUT2D eigenvalue weighted by atomic mass is 10.0. The largest absolute Gasteiger partial charge is 0.416 e. The quantitative estimate of drug-likeness (QED) is 0.702. The van der Waals surface area contributed by atoms with Gasteiger partial charge < -0.3 is 0 Å². The van der Waals surface area contributed by atoms with Crippen LogP contribution in [-0.2, 0) is 6.18 Å². The molecule has 2 rings (SSSR count). The number of halogens is 4. The summed E-state index contributed by atoms with van der Waals surface area (Å²) in [6, 6.07) is 9.73. The lowest BCUT2D eigenvalue weighted by molar-refractivity contribution is -0.137. The van der Waals surface area contributed by atoms with Crippen molar-refractivity contribution in [2.75, 3.05) is 0 Å². The molecule has 0 spiro atoms. The Morgan fingerprint density at radius 1 is 1.00 bits per heavy atom. The molecule has 5 heteroatoms. The van der Waals surface area contributed by atoms with Crippen molar-refractivity contribution in [1.29, 1.82) is 5.26 Å². The van der Waals surface area contributed by atoms with E-state index in [0.29, 0.717) is 0 Å². The average Bonchev–Trinajstić information content (AvgIpc) is 2.38. The number of alkyl halides is 3. The third-order valence-corrected chi connectivity index (χ3v) is 2.60. The molecule has 0 fully saturated rings. The predicted molar refractivity (Wildman–Crippen MR) is 61.6 cm³/mol. The normalized spacial score (nSPS) is 11.1. The van der Waals surface area contributed by atoms with Gasteiger partial charge in [0, 0.05) is 5.56 Å². The Kier molecular flexibility index (Phi) is 3.26. The first-order valence-corrected chi connectivity index (χ1v) is 5.29. The number of hydrogen-bond acceptors (Lipinski definition) is 1. The summed E-state index contributed by atoms with van der Waals surface area (Å²) >= 11 is 0. The second-order valence-electron chi connectivity index (χ2n) is 3.88. The Labute approximate surface area is 106 Å². The van der Waals surface area contributed by atoms with Crippen molar-refractivity contribution in [3.05, 3.63) is 59.4 Å². The van der Waals surface area contributed by atoms with Gasteiger partial charge in [0.2, 0.25) is 0 Å². The van der Waals surface area contributed by atoms with Gasteiger partial charge in [-0.05, 0) is 35.9 Å². The van der Waals surface area contributed by atoms with Gasteiger partial charge >= 0.3 is 6.18 Å². The number of hydrogen-bond donors (Lipinski definition) is 0. The van der Waals surface area contributed by atoms with E-state index < -0.39 is 17.6 Å². The fraction of sp³-hybridized carbons (Fsp3) is 0.0714. The average molecular weight is 265 g/mol. The summed E-state index contributed by atoms with van der Waals surface area (Å²) in [5.74, 6) is -0.668. The van der Waals surface area contributed by atoms with Crippen LogP contribution in [0.5, 0.6) is 0 Å². The van der Waals surface area contributed by atoms with Crippen LogP contribution in [-0.4, -0.2) is 0 Å². The van der Waals surface area contributed by atoms with Crippen LogP contribution in [0.25, 0.3) is 11.1 Å². The maximum Gasteiger partial charge on any atom is 0.416 e. The van der Waals surface area contributed by atoms with Gasteiger partial charge in [-0.15, -0.1) is 0 Å². The second-order valence-corrected chi connectivity index (χ2v) is 3.88. The SMILES string of the molecule is N#Cc1ccc(F)c(-c2cccc(C(F)(F)F)c2)c1. The van der Waals surface area contributed by atoms with Crippen molar-refractivity contribution in [1.82, 2.24) is 0 Å². The van der Waals surface area contributed by atoms with E-state index in [1.807, 2.05) is 6.07 Å². The molecule has 19 heavy (non-hydrogen) atoms. The van der Waals surface area contributed by atoms with Crippen molar-refractivity contribution in [2.24, 2.45) is 0 Å². The van der Waals surface area contributed by atoms with Crippen molar-refractivity contribution < 1.29 is 17.6 Å². The third kappa shape index (κ3) is 2.74. The van der Waals surface area contributed by atoms with Crippen LogP contribution >= 0.6 is 0 Å². The van der Waals surface area contributed by atoms with Crippen LogP contribution in [0.15, 0.2) is 42.5 Å². The fourth-order valence-electron chi connectivity index (χ4n) is 1.68. The lowest BCUT2D eigenvalue weighted by Gasteiger charge is -2.09. The highest BCUT2D eigenvalue weighted by atomic mass is 19.4. The molecule has 0 amide bonds. The van der Waals surface area contributed by atoms with E-state index in [1.54, 1.807) is 0 Å². The number of nitrogens with zero attached hydrogens (tertiary/aromatic N) is 1. The molecule has 96 valence electrons. The van der Waals surface area contributed by atoms with E-state index in [0.717, 1.165) is 18.2 Å². The molecule has 0 heterocycles. The first-order chi connectivity index (χ1) is 8.91. The molecular weight excluding hydrogens is 258 g/mol. The Bertz CT molecular complexity index is 653. The minimum atomic E-state index is -4.49. The van der Waals surface area contributed by atoms with Crippen molar-refractivity contribution in [3.63, 3.8) is 0 Å². The Hall–Kier alpha value is -2.35. The molecule has 0 aliphatic heterocycles. The van der Waals surface area contributed by atoms with Gasteiger partial charge in [-0.2, -0.15) is 18.4 Å². The Balaban J connectivity index is 2.57. The van der Waals surface area contributed by atoms with Crippen molar-refractivity contribution >= 4 is 0 Å². The lowest BCUT2D eigenvalue weighted by Crippen LogP contribution is -2.04. The van der Waals surface area contributed by atoms with E-state index in [1.165, 1.54) is 24.3 Å². The molecule has 0 saturated carbocycles. The third-order valence-electron chi connectivity index (χ3n) is 2.60. The van der Waals surface area contributed by atoms with Gasteiger partial charge in [0.05, 0.1) is 17.2 Å². The summed E-state index contributed by atoms with van der Waals surface area (Å²) in [6.45, 7) is 0. The number of benzene rings is 2. The van der Waals surface area contributed by atoms with Gasteiger partial charge in [-0.1, -0.05) is 12.1 Å². The Morgan fingerprint density at radius 3 is 2.37 bits per heavy atom. The Morgan fingerprint density at radius 2 is 1.74 bits per heavy atom. The van der Waals surface area contributed by atoms with Crippen LogP contribution in [0, 0.1) is 17.1 Å². The van der Waals surface area contributed by atoms with Crippen molar-refractivity contribution in [3.8, 4) is 17.2 Å². The highest BCUT2D eigenvalue weighted by molar-refractivity contribution is 5.66. The van der Waals surface area contributed by atoms with E-state index in [4.69, 9.17) is 5.26 Å². The maximum absolute atomic E-state index is 13.6. The first kappa shape index (κ1) is 13.1. The molecule has 1 nitrogen and oxygen atoms in total. The van der Waals surface area contributed by atoms with E-state index in [9.17, 15) is 17.6 Å². The van der Waals surface area contributed by atoms with Gasteiger partial charge in [0.25, 0.3) is 0 Å². The minimum Gasteiger partial charge on any atom is -0.206 e. The minimum absolute atomic E-state index is 0.0230. The first-order valence-electron chi connectivity index (χ1n) is 5.29. The zero-order chi connectivity index (χ0) is 14.0. The zero-order valence-electron chi connectivity index (χ0n) is 9.50. The van der Waals surface area contributed by atoms with Gasteiger partial charge in [-0.3, -0.25) is 0 Å². The monoisotopic (exact) mass is 265 g/mol. The topological polar surface area (TPSA) is 23.8 Å². The molecule has 0 saturated heterocycles. The molecule has 2 aromatic rings.